The molecule has 186 valence electrons. The molecule has 0 aliphatic carbocycles. The minimum absolute atomic E-state index is 0.162. The van der Waals surface area contributed by atoms with Gasteiger partial charge in [-0.3, -0.25) is 9.48 Å². The number of aryl methyl sites for hydroxylation is 1. The Kier molecular flexibility index (Phi) is 6.50. The molecule has 3 heterocycles. The van der Waals surface area contributed by atoms with E-state index in [1.807, 2.05) is 47.1 Å². The highest BCUT2D eigenvalue weighted by molar-refractivity contribution is 6.04. The molecule has 6 rings (SSSR count). The summed E-state index contributed by atoms with van der Waals surface area (Å²) in [6, 6.07) is 26.8. The minimum Gasteiger partial charge on any atom is -0.350 e. The minimum atomic E-state index is -0.162. The zero-order chi connectivity index (χ0) is 25.0. The third-order valence-corrected chi connectivity index (χ3v) is 7.09. The van der Waals surface area contributed by atoms with Crippen molar-refractivity contribution >= 4 is 16.8 Å². The molecule has 3 aromatic carbocycles. The summed E-state index contributed by atoms with van der Waals surface area (Å²) in [4.78, 5) is 13.2. The lowest BCUT2D eigenvalue weighted by atomic mass is 10.0. The summed E-state index contributed by atoms with van der Waals surface area (Å²) in [6.07, 6.45) is 5.19. The zero-order valence-corrected chi connectivity index (χ0v) is 20.8. The molecule has 5 aromatic rings. The van der Waals surface area contributed by atoms with Crippen LogP contribution in [0.3, 0.4) is 0 Å². The number of amides is 1. The predicted octanol–water partition coefficient (Wildman–Crippen LogP) is 5.04. The number of hydrogen-bond donors (Lipinski definition) is 1. The molecule has 7 heteroatoms. The van der Waals surface area contributed by atoms with E-state index in [9.17, 15) is 4.79 Å². The summed E-state index contributed by atoms with van der Waals surface area (Å²) < 4.78 is 4.15. The van der Waals surface area contributed by atoms with E-state index in [-0.39, 0.29) is 5.91 Å². The first-order chi connectivity index (χ1) is 18.3. The molecule has 1 amide bonds. The van der Waals surface area contributed by atoms with E-state index < -0.39 is 0 Å². The molecule has 0 radical (unpaired) electrons. The number of carbonyl (C=O) groups excluding carboxylic acids is 1. The Morgan fingerprint density at radius 2 is 1.62 bits per heavy atom. The van der Waals surface area contributed by atoms with Crippen LogP contribution in [0.1, 0.15) is 47.0 Å². The van der Waals surface area contributed by atoms with Gasteiger partial charge in [-0.1, -0.05) is 79.2 Å². The molecule has 1 N–H and O–H groups in total. The van der Waals surface area contributed by atoms with Crippen LogP contribution in [0.15, 0.2) is 78.9 Å². The summed E-state index contributed by atoms with van der Waals surface area (Å²) in [7, 11) is 0. The molecule has 7 nitrogen and oxygen atoms in total. The first kappa shape index (κ1) is 23.2. The van der Waals surface area contributed by atoms with Gasteiger partial charge < -0.3 is 9.88 Å². The predicted molar refractivity (Wildman–Crippen MR) is 144 cm³/mol. The van der Waals surface area contributed by atoms with Crippen LogP contribution in [0.25, 0.3) is 22.0 Å². The number of aromatic nitrogens is 5. The molecular formula is C30H30N6O. The van der Waals surface area contributed by atoms with Crippen LogP contribution < -0.4 is 5.32 Å². The van der Waals surface area contributed by atoms with Crippen molar-refractivity contribution in [3.05, 3.63) is 102 Å². The highest BCUT2D eigenvalue weighted by atomic mass is 16.1. The summed E-state index contributed by atoms with van der Waals surface area (Å²) in [5.41, 5.74) is 4.91. The van der Waals surface area contributed by atoms with E-state index in [0.717, 1.165) is 47.5 Å². The average Bonchev–Trinajstić information content (AvgIpc) is 3.41. The van der Waals surface area contributed by atoms with Gasteiger partial charge in [0.1, 0.15) is 11.6 Å². The summed E-state index contributed by atoms with van der Waals surface area (Å²) in [5.74, 6) is 1.86. The van der Waals surface area contributed by atoms with Crippen molar-refractivity contribution in [2.24, 2.45) is 0 Å². The number of para-hydroxylation sites is 1. The largest absolute Gasteiger partial charge is 0.350 e. The molecule has 1 aliphatic heterocycles. The van der Waals surface area contributed by atoms with E-state index in [1.165, 1.54) is 24.0 Å². The number of fused-ring (bicyclic) bond motifs is 2. The normalized spacial score (nSPS) is 13.3. The summed E-state index contributed by atoms with van der Waals surface area (Å²) >= 11 is 0. The quantitative estimate of drug-likeness (QED) is 0.347. The van der Waals surface area contributed by atoms with Crippen LogP contribution in [-0.4, -0.2) is 37.0 Å². The van der Waals surface area contributed by atoms with Crippen molar-refractivity contribution in [2.45, 2.75) is 45.2 Å². The van der Waals surface area contributed by atoms with Gasteiger partial charge in [0.15, 0.2) is 5.69 Å². The Labute approximate surface area is 216 Å². The fourth-order valence-electron chi connectivity index (χ4n) is 5.12. The zero-order valence-electron chi connectivity index (χ0n) is 20.8. The number of rotatable bonds is 7. The van der Waals surface area contributed by atoms with Crippen molar-refractivity contribution in [1.82, 2.24) is 29.9 Å². The highest BCUT2D eigenvalue weighted by Crippen LogP contribution is 2.22. The van der Waals surface area contributed by atoms with Crippen LogP contribution in [0.5, 0.6) is 0 Å². The van der Waals surface area contributed by atoms with Gasteiger partial charge in [0.2, 0.25) is 0 Å². The molecule has 0 fully saturated rings. The van der Waals surface area contributed by atoms with Crippen molar-refractivity contribution < 1.29 is 4.79 Å². The average molecular weight is 491 g/mol. The van der Waals surface area contributed by atoms with Gasteiger partial charge in [-0.05, 0) is 35.6 Å². The topological polar surface area (TPSA) is 77.6 Å². The number of benzene rings is 3. The molecule has 0 spiro atoms. The maximum absolute atomic E-state index is 13.2. The molecule has 37 heavy (non-hydrogen) atoms. The molecule has 0 unspecified atom stereocenters. The lowest BCUT2D eigenvalue weighted by Crippen LogP contribution is -2.27. The maximum atomic E-state index is 13.2. The van der Waals surface area contributed by atoms with Crippen LogP contribution in [-0.2, 0) is 25.9 Å². The van der Waals surface area contributed by atoms with Crippen molar-refractivity contribution in [2.75, 3.05) is 6.54 Å². The van der Waals surface area contributed by atoms with E-state index in [1.54, 1.807) is 0 Å². The number of nitrogens with one attached hydrogen (secondary N) is 1. The van der Waals surface area contributed by atoms with Gasteiger partial charge in [0, 0.05) is 31.3 Å². The fourth-order valence-corrected chi connectivity index (χ4v) is 5.12. The van der Waals surface area contributed by atoms with E-state index in [0.29, 0.717) is 25.2 Å². The molecule has 0 bridgehead atoms. The van der Waals surface area contributed by atoms with Crippen LogP contribution in [0.4, 0.5) is 0 Å². The molecular weight excluding hydrogens is 460 g/mol. The SMILES string of the molecule is O=C(NCCc1nnc2n1CCCCC2)c1nn(Cc2ccc(-c3ccccc3)cc2)c2ccccc12. The highest BCUT2D eigenvalue weighted by Gasteiger charge is 2.18. The van der Waals surface area contributed by atoms with Gasteiger partial charge >= 0.3 is 0 Å². The van der Waals surface area contributed by atoms with Crippen molar-refractivity contribution in [1.29, 1.82) is 0 Å². The van der Waals surface area contributed by atoms with Crippen LogP contribution >= 0.6 is 0 Å². The second-order valence-corrected chi connectivity index (χ2v) is 9.59. The molecule has 0 saturated heterocycles. The second kappa shape index (κ2) is 10.4. The first-order valence-electron chi connectivity index (χ1n) is 13.1. The smallest absolute Gasteiger partial charge is 0.272 e. The third-order valence-electron chi connectivity index (χ3n) is 7.09. The maximum Gasteiger partial charge on any atom is 0.272 e. The molecule has 0 atom stereocenters. The number of nitrogens with zero attached hydrogens (tertiary/aromatic N) is 5. The summed E-state index contributed by atoms with van der Waals surface area (Å²) in [5, 5.41) is 17.4. The third kappa shape index (κ3) is 4.89. The molecule has 2 aromatic heterocycles. The Hall–Kier alpha value is -4.26. The van der Waals surface area contributed by atoms with E-state index in [2.05, 4.69) is 56.5 Å². The lowest BCUT2D eigenvalue weighted by molar-refractivity contribution is 0.0949. The van der Waals surface area contributed by atoms with Gasteiger partial charge in [-0.15, -0.1) is 10.2 Å². The van der Waals surface area contributed by atoms with Crippen molar-refractivity contribution in [3.63, 3.8) is 0 Å². The number of carbonyl (C=O) groups is 1. The Morgan fingerprint density at radius 3 is 2.49 bits per heavy atom. The fraction of sp³-hybridized carbons (Fsp3) is 0.267. The Balaban J connectivity index is 1.16. The second-order valence-electron chi connectivity index (χ2n) is 9.59. The van der Waals surface area contributed by atoms with E-state index >= 15 is 0 Å². The summed E-state index contributed by atoms with van der Waals surface area (Å²) in [6.45, 7) is 2.06. The van der Waals surface area contributed by atoms with Crippen LogP contribution in [0, 0.1) is 0 Å². The monoisotopic (exact) mass is 490 g/mol. The van der Waals surface area contributed by atoms with Crippen molar-refractivity contribution in [3.8, 4) is 11.1 Å². The lowest BCUT2D eigenvalue weighted by Gasteiger charge is -2.07. The molecule has 0 saturated carbocycles. The first-order valence-corrected chi connectivity index (χ1v) is 13.1. The van der Waals surface area contributed by atoms with Gasteiger partial charge in [0.05, 0.1) is 12.1 Å². The Morgan fingerprint density at radius 1 is 0.838 bits per heavy atom. The van der Waals surface area contributed by atoms with Gasteiger partial charge in [-0.25, -0.2) is 0 Å². The molecule has 1 aliphatic rings. The van der Waals surface area contributed by atoms with Gasteiger partial charge in [-0.2, -0.15) is 5.10 Å². The number of hydrogen-bond acceptors (Lipinski definition) is 4. The van der Waals surface area contributed by atoms with E-state index in [4.69, 9.17) is 5.10 Å². The Bertz CT molecular complexity index is 1520. The van der Waals surface area contributed by atoms with Gasteiger partial charge in [0.25, 0.3) is 5.91 Å². The standard InChI is InChI=1S/C30H30N6O/c37-30(31-19-18-28-33-32-27-13-5-2-8-20-35(27)28)29-25-11-6-7-12-26(25)36(34-29)21-22-14-16-24(17-15-22)23-9-3-1-4-10-23/h1,3-4,6-7,9-12,14-17H,2,5,8,13,18-21H2,(H,31,37). The van der Waals surface area contributed by atoms with Crippen LogP contribution in [0.2, 0.25) is 0 Å².